The minimum absolute atomic E-state index is 0.169. The van der Waals surface area contributed by atoms with Crippen LogP contribution >= 0.6 is 34.5 Å². The lowest BCUT2D eigenvalue weighted by molar-refractivity contribution is -0.132. The van der Waals surface area contributed by atoms with Gasteiger partial charge in [0.25, 0.3) is 0 Å². The van der Waals surface area contributed by atoms with Crippen LogP contribution in [0.5, 0.6) is 0 Å². The molecule has 0 spiro atoms. The Hall–Kier alpha value is -1.89. The van der Waals surface area contributed by atoms with E-state index in [9.17, 15) is 9.59 Å². The number of hydrogen-bond acceptors (Lipinski definition) is 4. The first-order valence-electron chi connectivity index (χ1n) is 9.02. The molecule has 1 aliphatic heterocycles. The number of carbonyl (C=O) groups excluding carboxylic acids is 2. The number of anilines is 1. The predicted octanol–water partition coefficient (Wildman–Crippen LogP) is 5.03. The molecule has 0 fully saturated rings. The van der Waals surface area contributed by atoms with Gasteiger partial charge in [0.2, 0.25) is 11.8 Å². The number of rotatable bonds is 5. The van der Waals surface area contributed by atoms with Crippen molar-refractivity contribution in [3.05, 3.63) is 50.5 Å². The van der Waals surface area contributed by atoms with Gasteiger partial charge in [-0.25, -0.2) is 4.98 Å². The first kappa shape index (κ1) is 20.8. The van der Waals surface area contributed by atoms with Crippen LogP contribution in [-0.4, -0.2) is 28.2 Å². The second-order valence-corrected chi connectivity index (χ2v) is 8.97. The van der Waals surface area contributed by atoms with Gasteiger partial charge in [0.15, 0.2) is 5.13 Å². The van der Waals surface area contributed by atoms with Gasteiger partial charge in [0.1, 0.15) is 0 Å². The summed E-state index contributed by atoms with van der Waals surface area (Å²) in [4.78, 5) is 31.9. The van der Waals surface area contributed by atoms with Gasteiger partial charge in [-0.3, -0.25) is 14.9 Å². The number of hydrogen-bond donors (Lipinski definition) is 1. The number of aromatic nitrogens is 1. The highest BCUT2D eigenvalue weighted by Crippen LogP contribution is 2.29. The fourth-order valence-electron chi connectivity index (χ4n) is 2.89. The topological polar surface area (TPSA) is 62.3 Å². The number of halogens is 2. The smallest absolute Gasteiger partial charge is 0.250 e. The number of amides is 2. The van der Waals surface area contributed by atoms with Gasteiger partial charge in [-0.05, 0) is 29.7 Å². The quantitative estimate of drug-likeness (QED) is 0.666. The van der Waals surface area contributed by atoms with E-state index in [4.69, 9.17) is 23.2 Å². The van der Waals surface area contributed by atoms with Crippen molar-refractivity contribution in [3.8, 4) is 0 Å². The molecule has 0 unspecified atom stereocenters. The van der Waals surface area contributed by atoms with E-state index in [0.717, 1.165) is 10.6 Å². The first-order chi connectivity index (χ1) is 13.3. The van der Waals surface area contributed by atoms with Crippen LogP contribution in [0.25, 0.3) is 6.08 Å². The van der Waals surface area contributed by atoms with E-state index in [-0.39, 0.29) is 11.8 Å². The zero-order valence-corrected chi connectivity index (χ0v) is 18.0. The van der Waals surface area contributed by atoms with Crippen molar-refractivity contribution in [1.82, 2.24) is 9.88 Å². The summed E-state index contributed by atoms with van der Waals surface area (Å²) in [5.74, 6) is 0.221. The van der Waals surface area contributed by atoms with Crippen molar-refractivity contribution < 1.29 is 9.59 Å². The van der Waals surface area contributed by atoms with E-state index in [1.54, 1.807) is 24.3 Å². The lowest BCUT2D eigenvalue weighted by Gasteiger charge is -2.26. The van der Waals surface area contributed by atoms with Crippen LogP contribution in [0, 0.1) is 5.92 Å². The standard InChI is InChI=1S/C20H21Cl2N3O2S/c1-12(2)9-19(27)25-8-7-16-17(11-25)28-20(23-16)24-18(26)6-4-13-3-5-14(21)10-15(13)22/h3-6,10,12H,7-9,11H2,1-2H3,(H,23,24,26)/b6-4+. The number of thiazole rings is 1. The van der Waals surface area contributed by atoms with Crippen molar-refractivity contribution in [3.63, 3.8) is 0 Å². The Balaban J connectivity index is 1.62. The predicted molar refractivity (Wildman–Crippen MR) is 115 cm³/mol. The maximum absolute atomic E-state index is 12.3. The summed E-state index contributed by atoms with van der Waals surface area (Å²) in [7, 11) is 0. The summed E-state index contributed by atoms with van der Waals surface area (Å²) in [6, 6.07) is 5.09. The summed E-state index contributed by atoms with van der Waals surface area (Å²) in [6.45, 7) is 5.31. The number of nitrogens with one attached hydrogen (secondary N) is 1. The Morgan fingerprint density at radius 3 is 2.86 bits per heavy atom. The van der Waals surface area contributed by atoms with Crippen LogP contribution in [0.15, 0.2) is 24.3 Å². The molecule has 0 saturated carbocycles. The molecule has 0 saturated heterocycles. The summed E-state index contributed by atoms with van der Waals surface area (Å²) in [5.41, 5.74) is 1.66. The Labute approximate surface area is 178 Å². The minimum atomic E-state index is -0.287. The van der Waals surface area contributed by atoms with E-state index >= 15 is 0 Å². The molecule has 0 atom stereocenters. The summed E-state index contributed by atoms with van der Waals surface area (Å²) in [6.07, 6.45) is 4.30. The lowest BCUT2D eigenvalue weighted by atomic mass is 10.1. The van der Waals surface area contributed by atoms with Gasteiger partial charge in [-0.1, -0.05) is 54.5 Å². The molecule has 8 heteroatoms. The SMILES string of the molecule is CC(C)CC(=O)N1CCc2nc(NC(=O)/C=C/c3ccc(Cl)cc3Cl)sc2C1. The van der Waals surface area contributed by atoms with Crippen molar-refractivity contribution in [2.45, 2.75) is 33.2 Å². The Morgan fingerprint density at radius 1 is 1.36 bits per heavy atom. The zero-order valence-electron chi connectivity index (χ0n) is 15.7. The highest BCUT2D eigenvalue weighted by Gasteiger charge is 2.24. The monoisotopic (exact) mass is 437 g/mol. The second kappa shape index (κ2) is 9.07. The zero-order chi connectivity index (χ0) is 20.3. The molecule has 148 valence electrons. The third kappa shape index (κ3) is 5.34. The van der Waals surface area contributed by atoms with Crippen LogP contribution in [0.4, 0.5) is 5.13 Å². The van der Waals surface area contributed by atoms with Gasteiger partial charge in [0.05, 0.1) is 12.2 Å². The van der Waals surface area contributed by atoms with Crippen LogP contribution in [-0.2, 0) is 22.6 Å². The number of nitrogens with zero attached hydrogens (tertiary/aromatic N) is 2. The molecule has 0 bridgehead atoms. The van der Waals surface area contributed by atoms with E-state index in [0.29, 0.717) is 52.6 Å². The minimum Gasteiger partial charge on any atom is -0.337 e. The van der Waals surface area contributed by atoms with E-state index < -0.39 is 0 Å². The fourth-order valence-corrected chi connectivity index (χ4v) is 4.39. The largest absolute Gasteiger partial charge is 0.337 e. The number of carbonyl (C=O) groups is 2. The van der Waals surface area contributed by atoms with Gasteiger partial charge in [-0.2, -0.15) is 0 Å². The molecular weight excluding hydrogens is 417 g/mol. The molecular formula is C20H21Cl2N3O2S. The third-order valence-electron chi connectivity index (χ3n) is 4.27. The molecule has 1 N–H and O–H groups in total. The summed E-state index contributed by atoms with van der Waals surface area (Å²) < 4.78 is 0. The number of benzene rings is 1. The Kier molecular flexibility index (Phi) is 6.75. The maximum atomic E-state index is 12.3. The molecule has 28 heavy (non-hydrogen) atoms. The van der Waals surface area contributed by atoms with Crippen LogP contribution in [0.3, 0.4) is 0 Å². The molecule has 5 nitrogen and oxygen atoms in total. The molecule has 3 rings (SSSR count). The van der Waals surface area contributed by atoms with Crippen molar-refractivity contribution in [1.29, 1.82) is 0 Å². The summed E-state index contributed by atoms with van der Waals surface area (Å²) >= 11 is 13.4. The highest BCUT2D eigenvalue weighted by molar-refractivity contribution is 7.15. The Bertz CT molecular complexity index is 924. The van der Waals surface area contributed by atoms with Crippen molar-refractivity contribution >= 4 is 57.6 Å². The van der Waals surface area contributed by atoms with E-state index in [1.807, 2.05) is 18.7 Å². The van der Waals surface area contributed by atoms with Crippen LogP contribution in [0.2, 0.25) is 10.0 Å². The molecule has 2 heterocycles. The molecule has 2 aromatic rings. The lowest BCUT2D eigenvalue weighted by Crippen LogP contribution is -2.36. The summed E-state index contributed by atoms with van der Waals surface area (Å²) in [5, 5.41) is 4.35. The highest BCUT2D eigenvalue weighted by atomic mass is 35.5. The van der Waals surface area contributed by atoms with E-state index in [1.165, 1.54) is 17.4 Å². The molecule has 1 aromatic carbocycles. The normalized spacial score (nSPS) is 13.8. The van der Waals surface area contributed by atoms with Gasteiger partial charge < -0.3 is 4.90 Å². The van der Waals surface area contributed by atoms with Crippen LogP contribution in [0.1, 0.15) is 36.4 Å². The molecule has 1 aliphatic rings. The molecule has 0 aliphatic carbocycles. The van der Waals surface area contributed by atoms with Crippen molar-refractivity contribution in [2.24, 2.45) is 5.92 Å². The van der Waals surface area contributed by atoms with E-state index in [2.05, 4.69) is 10.3 Å². The molecule has 0 radical (unpaired) electrons. The fraction of sp³-hybridized carbons (Fsp3) is 0.350. The molecule has 1 aromatic heterocycles. The third-order valence-corrected chi connectivity index (χ3v) is 5.83. The maximum Gasteiger partial charge on any atom is 0.250 e. The first-order valence-corrected chi connectivity index (χ1v) is 10.6. The van der Waals surface area contributed by atoms with Gasteiger partial charge in [0, 0.05) is 40.4 Å². The number of fused-ring (bicyclic) bond motifs is 1. The van der Waals surface area contributed by atoms with Gasteiger partial charge >= 0.3 is 0 Å². The molecule has 2 amide bonds. The average Bonchev–Trinajstić information content (AvgIpc) is 3.01. The van der Waals surface area contributed by atoms with Crippen LogP contribution < -0.4 is 5.32 Å². The Morgan fingerprint density at radius 2 is 2.14 bits per heavy atom. The second-order valence-electron chi connectivity index (χ2n) is 7.04. The van der Waals surface area contributed by atoms with Crippen molar-refractivity contribution in [2.75, 3.05) is 11.9 Å². The van der Waals surface area contributed by atoms with Gasteiger partial charge in [-0.15, -0.1) is 0 Å². The average molecular weight is 438 g/mol.